The molecule has 2 rings (SSSR count). The molecule has 1 N–H and O–H groups in total. The largest absolute Gasteiger partial charge is 0.347 e. The van der Waals surface area contributed by atoms with Crippen LogP contribution in [-0.2, 0) is 9.59 Å². The van der Waals surface area contributed by atoms with Crippen molar-refractivity contribution < 1.29 is 9.59 Å². The van der Waals surface area contributed by atoms with Crippen molar-refractivity contribution in [2.75, 3.05) is 32.5 Å². The molecule has 0 aliphatic carbocycles. The summed E-state index contributed by atoms with van der Waals surface area (Å²) < 4.78 is 0. The SMILES string of the molecule is Cc1ccc(NC(=O)CN2CCC[C@H]2C(=O)N(C)C)cc1C. The molecule has 5 heteroatoms. The Hall–Kier alpha value is -1.88. The van der Waals surface area contributed by atoms with Gasteiger partial charge in [0, 0.05) is 19.8 Å². The summed E-state index contributed by atoms with van der Waals surface area (Å²) >= 11 is 0. The van der Waals surface area contributed by atoms with Crippen LogP contribution < -0.4 is 5.32 Å². The molecule has 5 nitrogen and oxygen atoms in total. The topological polar surface area (TPSA) is 52.7 Å². The van der Waals surface area contributed by atoms with Crippen molar-refractivity contribution in [3.05, 3.63) is 29.3 Å². The Bertz CT molecular complexity index is 569. The van der Waals surface area contributed by atoms with E-state index in [1.54, 1.807) is 19.0 Å². The molecule has 1 fully saturated rings. The fraction of sp³-hybridized carbons (Fsp3) is 0.529. The minimum absolute atomic E-state index is 0.0679. The van der Waals surface area contributed by atoms with Crippen LogP contribution in [0.3, 0.4) is 0 Å². The van der Waals surface area contributed by atoms with Gasteiger partial charge in [-0.25, -0.2) is 0 Å². The van der Waals surface area contributed by atoms with E-state index in [0.29, 0.717) is 0 Å². The van der Waals surface area contributed by atoms with Gasteiger partial charge in [0.2, 0.25) is 11.8 Å². The third kappa shape index (κ3) is 3.85. The molecule has 1 aliphatic heterocycles. The Balaban J connectivity index is 1.96. The minimum Gasteiger partial charge on any atom is -0.347 e. The van der Waals surface area contributed by atoms with Gasteiger partial charge in [-0.05, 0) is 56.5 Å². The maximum Gasteiger partial charge on any atom is 0.239 e. The number of benzene rings is 1. The number of carbonyl (C=O) groups is 2. The number of likely N-dealkylation sites (tertiary alicyclic amines) is 1. The van der Waals surface area contributed by atoms with Crippen LogP contribution in [-0.4, -0.2) is 54.8 Å². The van der Waals surface area contributed by atoms with E-state index in [0.717, 1.165) is 30.6 Å². The van der Waals surface area contributed by atoms with Crippen molar-refractivity contribution in [3.8, 4) is 0 Å². The Kier molecular flexibility index (Phi) is 5.19. The maximum atomic E-state index is 12.2. The smallest absolute Gasteiger partial charge is 0.239 e. The summed E-state index contributed by atoms with van der Waals surface area (Å²) in [5.74, 6) is 0.0122. The molecule has 0 spiro atoms. The van der Waals surface area contributed by atoms with Crippen molar-refractivity contribution in [2.24, 2.45) is 0 Å². The molecular formula is C17H25N3O2. The van der Waals surface area contributed by atoms with Crippen LogP contribution in [0.2, 0.25) is 0 Å². The van der Waals surface area contributed by atoms with Gasteiger partial charge >= 0.3 is 0 Å². The zero-order chi connectivity index (χ0) is 16.3. The van der Waals surface area contributed by atoms with Crippen LogP contribution in [0.1, 0.15) is 24.0 Å². The molecule has 120 valence electrons. The number of nitrogens with zero attached hydrogens (tertiary/aromatic N) is 2. The fourth-order valence-corrected chi connectivity index (χ4v) is 2.80. The van der Waals surface area contributed by atoms with Crippen molar-refractivity contribution in [1.29, 1.82) is 0 Å². The summed E-state index contributed by atoms with van der Waals surface area (Å²) in [5.41, 5.74) is 3.16. The second-order valence-corrected chi connectivity index (χ2v) is 6.21. The first kappa shape index (κ1) is 16.5. The molecule has 0 aromatic heterocycles. The maximum absolute atomic E-state index is 12.2. The molecule has 0 unspecified atom stereocenters. The lowest BCUT2D eigenvalue weighted by atomic mass is 10.1. The van der Waals surface area contributed by atoms with Gasteiger partial charge in [0.15, 0.2) is 0 Å². The minimum atomic E-state index is -0.166. The standard InChI is InChI=1S/C17H25N3O2/c1-12-7-8-14(10-13(12)2)18-16(21)11-20-9-5-6-15(20)17(22)19(3)4/h7-8,10,15H,5-6,9,11H2,1-4H3,(H,18,21)/t15-/m0/s1. The molecule has 1 atom stereocenters. The second kappa shape index (κ2) is 6.92. The van der Waals surface area contributed by atoms with Crippen molar-refractivity contribution in [1.82, 2.24) is 9.80 Å². The molecule has 2 amide bonds. The van der Waals surface area contributed by atoms with Gasteiger partial charge in [-0.3, -0.25) is 14.5 Å². The number of aryl methyl sites for hydroxylation is 2. The van der Waals surface area contributed by atoms with E-state index >= 15 is 0 Å². The zero-order valence-corrected chi connectivity index (χ0v) is 13.8. The molecule has 1 heterocycles. The van der Waals surface area contributed by atoms with Gasteiger partial charge in [0.25, 0.3) is 0 Å². The zero-order valence-electron chi connectivity index (χ0n) is 13.8. The summed E-state index contributed by atoms with van der Waals surface area (Å²) in [7, 11) is 3.52. The van der Waals surface area contributed by atoms with E-state index in [2.05, 4.69) is 5.32 Å². The first-order valence-corrected chi connectivity index (χ1v) is 7.71. The predicted octanol–water partition coefficient (Wildman–Crippen LogP) is 1.79. The fourth-order valence-electron chi connectivity index (χ4n) is 2.80. The molecule has 1 aromatic rings. The Morgan fingerprint density at radius 1 is 1.27 bits per heavy atom. The van der Waals surface area contributed by atoms with Crippen LogP contribution in [0.25, 0.3) is 0 Å². The first-order valence-electron chi connectivity index (χ1n) is 7.71. The van der Waals surface area contributed by atoms with E-state index in [9.17, 15) is 9.59 Å². The predicted molar refractivity (Wildman–Crippen MR) is 87.8 cm³/mol. The number of hydrogen-bond acceptors (Lipinski definition) is 3. The normalized spacial score (nSPS) is 18.3. The van der Waals surface area contributed by atoms with Gasteiger partial charge in [0.1, 0.15) is 0 Å². The number of rotatable bonds is 4. The quantitative estimate of drug-likeness (QED) is 0.923. The molecule has 0 bridgehead atoms. The van der Waals surface area contributed by atoms with E-state index < -0.39 is 0 Å². The average molecular weight is 303 g/mol. The molecule has 1 saturated heterocycles. The Labute approximate surface area is 132 Å². The van der Waals surface area contributed by atoms with E-state index in [-0.39, 0.29) is 24.4 Å². The van der Waals surface area contributed by atoms with Gasteiger partial charge in [0.05, 0.1) is 12.6 Å². The summed E-state index contributed by atoms with van der Waals surface area (Å²) in [6, 6.07) is 5.71. The number of nitrogens with one attached hydrogen (secondary N) is 1. The lowest BCUT2D eigenvalue weighted by Gasteiger charge is -2.25. The van der Waals surface area contributed by atoms with Gasteiger partial charge in [-0.2, -0.15) is 0 Å². The van der Waals surface area contributed by atoms with Gasteiger partial charge < -0.3 is 10.2 Å². The number of likely N-dealkylation sites (N-methyl/N-ethyl adjacent to an activating group) is 1. The highest BCUT2D eigenvalue weighted by Gasteiger charge is 2.32. The van der Waals surface area contributed by atoms with Crippen LogP contribution in [0, 0.1) is 13.8 Å². The summed E-state index contributed by atoms with van der Waals surface area (Å²) in [6.07, 6.45) is 1.79. The van der Waals surface area contributed by atoms with Crippen LogP contribution in [0.15, 0.2) is 18.2 Å². The summed E-state index contributed by atoms with van der Waals surface area (Å²) in [6.45, 7) is 5.13. The lowest BCUT2D eigenvalue weighted by molar-refractivity contribution is -0.133. The summed E-state index contributed by atoms with van der Waals surface area (Å²) in [5, 5.41) is 2.92. The van der Waals surface area contributed by atoms with E-state index in [4.69, 9.17) is 0 Å². The number of anilines is 1. The Morgan fingerprint density at radius 2 is 2.00 bits per heavy atom. The van der Waals surface area contributed by atoms with Crippen LogP contribution >= 0.6 is 0 Å². The molecular weight excluding hydrogens is 278 g/mol. The number of carbonyl (C=O) groups excluding carboxylic acids is 2. The van der Waals surface area contributed by atoms with Crippen molar-refractivity contribution in [3.63, 3.8) is 0 Å². The summed E-state index contributed by atoms with van der Waals surface area (Å²) in [4.78, 5) is 27.9. The van der Waals surface area contributed by atoms with Crippen LogP contribution in [0.4, 0.5) is 5.69 Å². The van der Waals surface area contributed by atoms with Crippen molar-refractivity contribution >= 4 is 17.5 Å². The first-order chi connectivity index (χ1) is 10.4. The molecule has 0 saturated carbocycles. The highest BCUT2D eigenvalue weighted by molar-refractivity contribution is 5.93. The average Bonchev–Trinajstić information content (AvgIpc) is 2.89. The third-order valence-electron chi connectivity index (χ3n) is 4.23. The van der Waals surface area contributed by atoms with Gasteiger partial charge in [-0.15, -0.1) is 0 Å². The van der Waals surface area contributed by atoms with Gasteiger partial charge in [-0.1, -0.05) is 6.07 Å². The van der Waals surface area contributed by atoms with E-state index in [1.165, 1.54) is 5.56 Å². The number of hydrogen-bond donors (Lipinski definition) is 1. The highest BCUT2D eigenvalue weighted by atomic mass is 16.2. The highest BCUT2D eigenvalue weighted by Crippen LogP contribution is 2.19. The van der Waals surface area contributed by atoms with Crippen molar-refractivity contribution in [2.45, 2.75) is 32.7 Å². The van der Waals surface area contributed by atoms with Crippen LogP contribution in [0.5, 0.6) is 0 Å². The molecule has 1 aliphatic rings. The second-order valence-electron chi connectivity index (χ2n) is 6.21. The molecule has 1 aromatic carbocycles. The Morgan fingerprint density at radius 3 is 2.64 bits per heavy atom. The molecule has 22 heavy (non-hydrogen) atoms. The third-order valence-corrected chi connectivity index (χ3v) is 4.23. The van der Waals surface area contributed by atoms with E-state index in [1.807, 2.05) is 36.9 Å². The lowest BCUT2D eigenvalue weighted by Crippen LogP contribution is -2.45. The number of amides is 2. The monoisotopic (exact) mass is 303 g/mol. The molecule has 0 radical (unpaired) electrons.